The summed E-state index contributed by atoms with van der Waals surface area (Å²) < 4.78 is 16.8. The van der Waals surface area contributed by atoms with Crippen molar-refractivity contribution in [1.29, 1.82) is 0 Å². The molecule has 0 bridgehead atoms. The average molecular weight is 984 g/mol. The third-order valence-electron chi connectivity index (χ3n) is 11.9. The number of carbonyl (C=O) groups excluding carboxylic acids is 3. The summed E-state index contributed by atoms with van der Waals surface area (Å²) in [6, 6.07) is 0. The Morgan fingerprint density at radius 2 is 0.563 bits per heavy atom. The smallest absolute Gasteiger partial charge is 0.306 e. The number of rotatable bonds is 51. The standard InChI is InChI=1S/C65H106O6/c1-4-7-10-13-16-19-22-25-28-31-32-35-37-40-43-46-49-52-55-58-64(67)70-61-62(71-65(68)59-56-53-50-47-44-41-38-34-30-27-24-21-18-15-12-9-6-3)60-69-63(66)57-54-51-48-45-42-39-36-33-29-26-23-20-17-14-11-8-5-2/h7,10,16-21,25-30,32,35,38,41,47,50,62H,4-6,8-9,11-15,22-24,31,33-34,36-37,39-40,42-46,48-49,51-61H2,1-3H3/b10-7-,19-16-,20-17-,21-18-,28-25-,29-26-,30-27-,35-32-,41-38-,50-47-. The fourth-order valence-electron chi connectivity index (χ4n) is 7.57. The predicted molar refractivity (Wildman–Crippen MR) is 306 cm³/mol. The van der Waals surface area contributed by atoms with Crippen molar-refractivity contribution in [3.05, 3.63) is 122 Å². The lowest BCUT2D eigenvalue weighted by Gasteiger charge is -2.18. The molecule has 0 aliphatic rings. The average Bonchev–Trinajstić information content (AvgIpc) is 3.37. The van der Waals surface area contributed by atoms with Gasteiger partial charge in [0.1, 0.15) is 13.2 Å². The Morgan fingerprint density at radius 1 is 0.296 bits per heavy atom. The molecule has 6 heteroatoms. The summed E-state index contributed by atoms with van der Waals surface area (Å²) >= 11 is 0. The van der Waals surface area contributed by atoms with Gasteiger partial charge in [0.25, 0.3) is 0 Å². The zero-order valence-corrected chi connectivity index (χ0v) is 45.9. The van der Waals surface area contributed by atoms with Gasteiger partial charge in [-0.1, -0.05) is 226 Å². The van der Waals surface area contributed by atoms with Gasteiger partial charge in [0.05, 0.1) is 0 Å². The Bertz CT molecular complexity index is 1500. The summed E-state index contributed by atoms with van der Waals surface area (Å²) in [6.45, 7) is 6.41. The Kier molecular flexibility index (Phi) is 54.9. The van der Waals surface area contributed by atoms with Gasteiger partial charge in [-0.15, -0.1) is 0 Å². The maximum Gasteiger partial charge on any atom is 0.306 e. The van der Waals surface area contributed by atoms with Crippen molar-refractivity contribution in [2.45, 2.75) is 258 Å². The molecular formula is C65H106O6. The van der Waals surface area contributed by atoms with E-state index in [0.29, 0.717) is 19.3 Å². The first-order valence-electron chi connectivity index (χ1n) is 29.0. The van der Waals surface area contributed by atoms with E-state index in [1.165, 1.54) is 89.9 Å². The zero-order valence-electron chi connectivity index (χ0n) is 45.9. The maximum absolute atomic E-state index is 12.8. The van der Waals surface area contributed by atoms with E-state index >= 15 is 0 Å². The van der Waals surface area contributed by atoms with Gasteiger partial charge in [0.15, 0.2) is 6.10 Å². The van der Waals surface area contributed by atoms with E-state index in [-0.39, 0.29) is 37.5 Å². The minimum atomic E-state index is -0.820. The van der Waals surface area contributed by atoms with E-state index in [1.54, 1.807) is 0 Å². The van der Waals surface area contributed by atoms with E-state index in [2.05, 4.69) is 142 Å². The monoisotopic (exact) mass is 983 g/mol. The fraction of sp³-hybridized carbons (Fsp3) is 0.646. The van der Waals surface area contributed by atoms with Gasteiger partial charge in [-0.05, 0) is 128 Å². The molecule has 0 aromatic carbocycles. The van der Waals surface area contributed by atoms with Crippen LogP contribution in [0.5, 0.6) is 0 Å². The normalized spacial score (nSPS) is 13.0. The van der Waals surface area contributed by atoms with Gasteiger partial charge in [-0.25, -0.2) is 0 Å². The van der Waals surface area contributed by atoms with Crippen molar-refractivity contribution in [3.8, 4) is 0 Å². The Labute approximate surface area is 437 Å². The second kappa shape index (κ2) is 58.4. The second-order valence-electron chi connectivity index (χ2n) is 18.8. The molecule has 0 amide bonds. The van der Waals surface area contributed by atoms with Crippen LogP contribution in [0.3, 0.4) is 0 Å². The van der Waals surface area contributed by atoms with Gasteiger partial charge < -0.3 is 14.2 Å². The summed E-state index contributed by atoms with van der Waals surface area (Å²) in [5.41, 5.74) is 0. The quantitative estimate of drug-likeness (QED) is 0.0261. The molecule has 6 nitrogen and oxygen atoms in total. The lowest BCUT2D eigenvalue weighted by Crippen LogP contribution is -2.30. The van der Waals surface area contributed by atoms with Crippen molar-refractivity contribution in [2.75, 3.05) is 13.2 Å². The van der Waals surface area contributed by atoms with Gasteiger partial charge in [0.2, 0.25) is 0 Å². The zero-order chi connectivity index (χ0) is 51.4. The SMILES string of the molecule is CC/C=C\C/C=C\C/C=C\C/C=C\CCCCCCCCC(=O)OCC(COC(=O)CCCCCCCCC/C=C\C/C=C\CCCCC)OC(=O)CCC/C=C\C/C=C\C/C=C\C/C=C\CCCCC. The molecule has 0 spiro atoms. The van der Waals surface area contributed by atoms with Crippen LogP contribution in [0.15, 0.2) is 122 Å². The summed E-state index contributed by atoms with van der Waals surface area (Å²) in [6.07, 6.45) is 80.4. The topological polar surface area (TPSA) is 78.9 Å². The van der Waals surface area contributed by atoms with Crippen LogP contribution in [0.25, 0.3) is 0 Å². The number of unbranched alkanes of at least 4 members (excludes halogenated alkanes) is 20. The Balaban J connectivity index is 4.52. The van der Waals surface area contributed by atoms with Gasteiger partial charge in [0, 0.05) is 19.3 Å². The van der Waals surface area contributed by atoms with E-state index in [1.807, 2.05) is 0 Å². The van der Waals surface area contributed by atoms with Crippen LogP contribution in [0.2, 0.25) is 0 Å². The predicted octanol–water partition coefficient (Wildman–Crippen LogP) is 19.6. The number of hydrogen-bond acceptors (Lipinski definition) is 6. The van der Waals surface area contributed by atoms with E-state index in [9.17, 15) is 14.4 Å². The molecule has 0 saturated heterocycles. The summed E-state index contributed by atoms with van der Waals surface area (Å²) in [5.74, 6) is -0.991. The van der Waals surface area contributed by atoms with E-state index in [0.717, 1.165) is 116 Å². The van der Waals surface area contributed by atoms with Crippen LogP contribution in [0.1, 0.15) is 252 Å². The minimum absolute atomic E-state index is 0.111. The number of allylic oxidation sites excluding steroid dienone is 20. The van der Waals surface area contributed by atoms with Crippen molar-refractivity contribution in [3.63, 3.8) is 0 Å². The molecule has 0 heterocycles. The maximum atomic E-state index is 12.8. The second-order valence-corrected chi connectivity index (χ2v) is 18.8. The molecule has 0 saturated carbocycles. The number of ether oxygens (including phenoxy) is 3. The molecule has 0 aliphatic carbocycles. The van der Waals surface area contributed by atoms with Crippen molar-refractivity contribution >= 4 is 17.9 Å². The fourth-order valence-corrected chi connectivity index (χ4v) is 7.57. The van der Waals surface area contributed by atoms with Crippen LogP contribution >= 0.6 is 0 Å². The molecule has 402 valence electrons. The highest BCUT2D eigenvalue weighted by Crippen LogP contribution is 2.13. The summed E-state index contributed by atoms with van der Waals surface area (Å²) in [7, 11) is 0. The lowest BCUT2D eigenvalue weighted by molar-refractivity contribution is -0.167. The first kappa shape index (κ1) is 66.8. The van der Waals surface area contributed by atoms with Crippen molar-refractivity contribution in [2.24, 2.45) is 0 Å². The van der Waals surface area contributed by atoms with Gasteiger partial charge in [-0.3, -0.25) is 14.4 Å². The highest BCUT2D eigenvalue weighted by Gasteiger charge is 2.19. The molecule has 0 radical (unpaired) electrons. The molecule has 0 aromatic heterocycles. The highest BCUT2D eigenvalue weighted by atomic mass is 16.6. The minimum Gasteiger partial charge on any atom is -0.462 e. The molecular weight excluding hydrogens is 877 g/mol. The van der Waals surface area contributed by atoms with Crippen LogP contribution in [-0.2, 0) is 28.6 Å². The van der Waals surface area contributed by atoms with Crippen LogP contribution < -0.4 is 0 Å². The molecule has 0 aromatic rings. The van der Waals surface area contributed by atoms with Gasteiger partial charge >= 0.3 is 17.9 Å². The van der Waals surface area contributed by atoms with Crippen LogP contribution in [0, 0.1) is 0 Å². The molecule has 0 fully saturated rings. The summed E-state index contributed by atoms with van der Waals surface area (Å²) in [4.78, 5) is 38.2. The lowest BCUT2D eigenvalue weighted by atomic mass is 10.1. The third-order valence-corrected chi connectivity index (χ3v) is 11.9. The van der Waals surface area contributed by atoms with Crippen LogP contribution in [-0.4, -0.2) is 37.2 Å². The molecule has 0 aliphatic heterocycles. The van der Waals surface area contributed by atoms with Gasteiger partial charge in [-0.2, -0.15) is 0 Å². The number of esters is 3. The van der Waals surface area contributed by atoms with Crippen molar-refractivity contribution in [1.82, 2.24) is 0 Å². The van der Waals surface area contributed by atoms with Crippen LogP contribution in [0.4, 0.5) is 0 Å². The molecule has 1 unspecified atom stereocenters. The third kappa shape index (κ3) is 56.6. The number of carbonyl (C=O) groups is 3. The first-order valence-corrected chi connectivity index (χ1v) is 29.0. The van der Waals surface area contributed by atoms with Crippen molar-refractivity contribution < 1.29 is 28.6 Å². The molecule has 1 atom stereocenters. The van der Waals surface area contributed by atoms with E-state index in [4.69, 9.17) is 14.2 Å². The largest absolute Gasteiger partial charge is 0.462 e. The van der Waals surface area contributed by atoms with E-state index < -0.39 is 6.10 Å². The summed E-state index contributed by atoms with van der Waals surface area (Å²) in [5, 5.41) is 0. The Hall–Kier alpha value is -4.19. The molecule has 71 heavy (non-hydrogen) atoms. The molecule has 0 N–H and O–H groups in total. The first-order chi connectivity index (χ1) is 35.0. The Morgan fingerprint density at radius 3 is 0.901 bits per heavy atom. The highest BCUT2D eigenvalue weighted by molar-refractivity contribution is 5.71. The molecule has 0 rings (SSSR count). The number of hydrogen-bond donors (Lipinski definition) is 0.